The Morgan fingerprint density at radius 1 is 1.00 bits per heavy atom. The first-order chi connectivity index (χ1) is 22.4. The Balaban J connectivity index is 1.55. The quantitative estimate of drug-likeness (QED) is 0.174. The highest BCUT2D eigenvalue weighted by Crippen LogP contribution is 2.36. The lowest BCUT2D eigenvalue weighted by molar-refractivity contribution is -0.138. The molecule has 1 aliphatic rings. The Bertz CT molecular complexity index is 2120. The summed E-state index contributed by atoms with van der Waals surface area (Å²) >= 11 is 7.41. The number of carbonyl (C=O) groups excluding carboxylic acids is 1. The van der Waals surface area contributed by atoms with Gasteiger partial charge in [-0.05, 0) is 42.8 Å². The molecule has 4 aromatic carbocycles. The highest BCUT2D eigenvalue weighted by Gasteiger charge is 2.35. The number of thiazole rings is 1. The van der Waals surface area contributed by atoms with Gasteiger partial charge in [-0.2, -0.15) is 0 Å². The van der Waals surface area contributed by atoms with Crippen LogP contribution in [0.2, 0.25) is 5.02 Å². The van der Waals surface area contributed by atoms with Crippen LogP contribution in [0.4, 0.5) is 4.39 Å². The van der Waals surface area contributed by atoms with Crippen LogP contribution in [0.5, 0.6) is 11.5 Å². The molecule has 46 heavy (non-hydrogen) atoms. The van der Waals surface area contributed by atoms with Crippen molar-refractivity contribution in [3.05, 3.63) is 155 Å². The van der Waals surface area contributed by atoms with Gasteiger partial charge in [0.15, 0.2) is 16.3 Å². The largest absolute Gasteiger partial charge is 0.493 e. The second kappa shape index (κ2) is 13.6. The van der Waals surface area contributed by atoms with Crippen molar-refractivity contribution in [1.82, 2.24) is 4.57 Å². The van der Waals surface area contributed by atoms with Crippen LogP contribution in [0.25, 0.3) is 11.8 Å². The summed E-state index contributed by atoms with van der Waals surface area (Å²) in [5, 5.41) is 0.516. The van der Waals surface area contributed by atoms with Gasteiger partial charge < -0.3 is 14.2 Å². The van der Waals surface area contributed by atoms with Crippen LogP contribution < -0.4 is 24.4 Å². The highest BCUT2D eigenvalue weighted by atomic mass is 35.5. The van der Waals surface area contributed by atoms with Gasteiger partial charge in [0.25, 0.3) is 5.56 Å². The van der Waals surface area contributed by atoms with Gasteiger partial charge in [-0.15, -0.1) is 0 Å². The fourth-order valence-electron chi connectivity index (χ4n) is 5.27. The van der Waals surface area contributed by atoms with Crippen LogP contribution >= 0.6 is 22.9 Å². The van der Waals surface area contributed by atoms with Crippen molar-refractivity contribution in [2.75, 3.05) is 13.7 Å². The van der Waals surface area contributed by atoms with Crippen LogP contribution in [0, 0.1) is 5.82 Å². The SMILES string of the molecule is CCOC(=O)C1=C(c2ccccc2)N=c2s/c(=C\c3cccc(OC)c3OCc3ccccc3F)c(=O)n2[C@H]1c1ccc(Cl)cc1. The van der Waals surface area contributed by atoms with Gasteiger partial charge in [0.2, 0.25) is 0 Å². The van der Waals surface area contributed by atoms with E-state index in [0.717, 1.165) is 0 Å². The fourth-order valence-corrected chi connectivity index (χ4v) is 6.39. The molecule has 0 fully saturated rings. The number of hydrogen-bond donors (Lipinski definition) is 0. The van der Waals surface area contributed by atoms with E-state index in [0.29, 0.717) is 53.8 Å². The number of carbonyl (C=O) groups is 1. The molecule has 10 heteroatoms. The van der Waals surface area contributed by atoms with Gasteiger partial charge in [0.1, 0.15) is 12.4 Å². The zero-order valence-corrected chi connectivity index (χ0v) is 26.5. The first-order valence-corrected chi connectivity index (χ1v) is 15.7. The van der Waals surface area contributed by atoms with Crippen LogP contribution in [-0.4, -0.2) is 24.3 Å². The molecule has 0 amide bonds. The monoisotopic (exact) mass is 654 g/mol. The second-order valence-electron chi connectivity index (χ2n) is 10.2. The summed E-state index contributed by atoms with van der Waals surface area (Å²) in [6, 6.07) is 27.1. The summed E-state index contributed by atoms with van der Waals surface area (Å²) in [4.78, 5) is 33.2. The van der Waals surface area contributed by atoms with Crippen molar-refractivity contribution in [2.45, 2.75) is 19.6 Å². The van der Waals surface area contributed by atoms with E-state index in [1.807, 2.05) is 30.3 Å². The fraction of sp³-hybridized carbons (Fsp3) is 0.139. The third-order valence-electron chi connectivity index (χ3n) is 7.41. The third kappa shape index (κ3) is 6.11. The van der Waals surface area contributed by atoms with Gasteiger partial charge in [0.05, 0.1) is 35.6 Å². The van der Waals surface area contributed by atoms with E-state index in [9.17, 15) is 14.0 Å². The molecule has 0 aliphatic carbocycles. The molecule has 0 saturated heterocycles. The summed E-state index contributed by atoms with van der Waals surface area (Å²) in [6.07, 6.45) is 1.69. The number of methoxy groups -OCH3 is 1. The van der Waals surface area contributed by atoms with E-state index >= 15 is 0 Å². The Morgan fingerprint density at radius 3 is 2.46 bits per heavy atom. The molecule has 7 nitrogen and oxygen atoms in total. The Hall–Kier alpha value is -4.99. The summed E-state index contributed by atoms with van der Waals surface area (Å²) in [5.74, 6) is -0.185. The number of benzene rings is 4. The first kappa shape index (κ1) is 31.0. The van der Waals surface area contributed by atoms with Crippen LogP contribution in [0.1, 0.15) is 35.2 Å². The molecular formula is C36H28ClFN2O5S. The van der Waals surface area contributed by atoms with Crippen LogP contribution in [0.3, 0.4) is 0 Å². The predicted octanol–water partition coefficient (Wildman–Crippen LogP) is 6.32. The minimum atomic E-state index is -0.841. The van der Waals surface area contributed by atoms with Crippen molar-refractivity contribution in [3.8, 4) is 11.5 Å². The molecule has 0 saturated carbocycles. The molecule has 0 unspecified atom stereocenters. The molecule has 1 aromatic heterocycles. The Morgan fingerprint density at radius 2 is 1.74 bits per heavy atom. The zero-order chi connectivity index (χ0) is 32.2. The summed E-state index contributed by atoms with van der Waals surface area (Å²) < 4.78 is 33.4. The van der Waals surface area contributed by atoms with Gasteiger partial charge >= 0.3 is 5.97 Å². The number of hydrogen-bond acceptors (Lipinski definition) is 7. The van der Waals surface area contributed by atoms with E-state index in [4.69, 9.17) is 30.8 Å². The van der Waals surface area contributed by atoms with E-state index in [2.05, 4.69) is 0 Å². The molecule has 0 radical (unpaired) electrons. The number of fused-ring (bicyclic) bond motifs is 1. The smallest absolute Gasteiger partial charge is 0.338 e. The van der Waals surface area contributed by atoms with Crippen molar-refractivity contribution in [3.63, 3.8) is 0 Å². The first-order valence-electron chi connectivity index (χ1n) is 14.5. The number of esters is 1. The molecule has 0 spiro atoms. The van der Waals surface area contributed by atoms with E-state index in [1.165, 1.54) is 29.1 Å². The predicted molar refractivity (Wildman–Crippen MR) is 176 cm³/mol. The standard InChI is InChI=1S/C36H28ClFN2O5S/c1-3-44-35(42)30-31(22-10-5-4-6-11-22)39-36-40(32(30)23-16-18-26(37)19-17-23)34(41)29(46-36)20-24-13-9-15-28(43-2)33(24)45-21-25-12-7-8-14-27(25)38/h4-20,32H,3,21H2,1-2H3/b29-20-/t32-/m0/s1. The number of halogens is 2. The van der Waals surface area contributed by atoms with E-state index in [-0.39, 0.29) is 30.2 Å². The summed E-state index contributed by atoms with van der Waals surface area (Å²) in [6.45, 7) is 1.83. The van der Waals surface area contributed by atoms with Gasteiger partial charge in [-0.25, -0.2) is 14.2 Å². The molecule has 232 valence electrons. The average Bonchev–Trinajstić information content (AvgIpc) is 3.38. The normalized spacial score (nSPS) is 14.4. The van der Waals surface area contributed by atoms with Crippen molar-refractivity contribution in [1.29, 1.82) is 0 Å². The summed E-state index contributed by atoms with van der Waals surface area (Å²) in [7, 11) is 1.51. The maximum Gasteiger partial charge on any atom is 0.338 e. The van der Waals surface area contributed by atoms with E-state index < -0.39 is 12.0 Å². The van der Waals surface area contributed by atoms with Crippen molar-refractivity contribution < 1.29 is 23.4 Å². The Labute approximate surface area is 273 Å². The van der Waals surface area contributed by atoms with Gasteiger partial charge in [-0.1, -0.05) is 95.7 Å². The van der Waals surface area contributed by atoms with Gasteiger partial charge in [-0.3, -0.25) is 9.36 Å². The zero-order valence-electron chi connectivity index (χ0n) is 24.9. The van der Waals surface area contributed by atoms with Crippen LogP contribution in [-0.2, 0) is 16.1 Å². The maximum absolute atomic E-state index is 14.4. The third-order valence-corrected chi connectivity index (χ3v) is 8.64. The number of aromatic nitrogens is 1. The Kier molecular flexibility index (Phi) is 9.14. The number of nitrogens with zero attached hydrogens (tertiary/aromatic N) is 2. The number of ether oxygens (including phenoxy) is 3. The van der Waals surface area contributed by atoms with Crippen LogP contribution in [0.15, 0.2) is 112 Å². The molecule has 0 N–H and O–H groups in total. The van der Waals surface area contributed by atoms with Gasteiger partial charge in [0, 0.05) is 21.7 Å². The lowest BCUT2D eigenvalue weighted by atomic mass is 9.93. The molecular weight excluding hydrogens is 627 g/mol. The van der Waals surface area contributed by atoms with Crippen molar-refractivity contribution in [2.24, 2.45) is 4.99 Å². The second-order valence-corrected chi connectivity index (χ2v) is 11.7. The van der Waals surface area contributed by atoms with Crippen molar-refractivity contribution >= 4 is 40.7 Å². The summed E-state index contributed by atoms with van der Waals surface area (Å²) in [5.41, 5.74) is 2.60. The topological polar surface area (TPSA) is 79.1 Å². The maximum atomic E-state index is 14.4. The molecule has 1 atom stereocenters. The average molecular weight is 655 g/mol. The lowest BCUT2D eigenvalue weighted by Gasteiger charge is -2.26. The molecule has 0 bridgehead atoms. The minimum Gasteiger partial charge on any atom is -0.493 e. The number of rotatable bonds is 9. The molecule has 6 rings (SSSR count). The molecule has 1 aliphatic heterocycles. The molecule has 5 aromatic rings. The number of para-hydroxylation sites is 1. The molecule has 2 heterocycles. The minimum absolute atomic E-state index is 0.0466. The highest BCUT2D eigenvalue weighted by molar-refractivity contribution is 7.07. The van der Waals surface area contributed by atoms with E-state index in [1.54, 1.807) is 73.7 Å². The lowest BCUT2D eigenvalue weighted by Crippen LogP contribution is -2.40.